The topological polar surface area (TPSA) is 92.7 Å². The SMILES string of the molecule is C=C(C(=O)OCC)C(O)[C@H]1OC(C)(C)O[C@H]1[C@H](O[Si](C)(C)C(C)(C)C)[C@H]1COC(C)(C)O1. The number of ether oxygens (including phenoxy) is 5. The van der Waals surface area contributed by atoms with Crippen molar-refractivity contribution in [1.82, 2.24) is 0 Å². The second-order valence-electron chi connectivity index (χ2n) is 11.0. The molecular formula is C23H42O8Si. The van der Waals surface area contributed by atoms with Gasteiger partial charge >= 0.3 is 5.97 Å². The summed E-state index contributed by atoms with van der Waals surface area (Å²) in [5.74, 6) is -2.44. The molecule has 1 N–H and O–H groups in total. The normalized spacial score (nSPS) is 29.5. The van der Waals surface area contributed by atoms with Gasteiger partial charge in [-0.3, -0.25) is 0 Å². The lowest BCUT2D eigenvalue weighted by atomic mass is 9.96. The number of rotatable bonds is 8. The first-order chi connectivity index (χ1) is 14.4. The molecule has 0 amide bonds. The number of aliphatic hydroxyl groups is 1. The predicted octanol–water partition coefficient (Wildman–Crippen LogP) is 3.53. The Hall–Kier alpha value is -0.813. The van der Waals surface area contributed by atoms with Crippen molar-refractivity contribution in [2.45, 2.75) is 116 Å². The second kappa shape index (κ2) is 9.44. The summed E-state index contributed by atoms with van der Waals surface area (Å²) in [5.41, 5.74) is -0.0850. The summed E-state index contributed by atoms with van der Waals surface area (Å²) in [5, 5.41) is 11.0. The van der Waals surface area contributed by atoms with Gasteiger partial charge in [-0.2, -0.15) is 0 Å². The molecule has 0 aromatic rings. The van der Waals surface area contributed by atoms with E-state index < -0.39 is 56.4 Å². The monoisotopic (exact) mass is 474 g/mol. The van der Waals surface area contributed by atoms with Crippen LogP contribution in [0.15, 0.2) is 12.2 Å². The highest BCUT2D eigenvalue weighted by atomic mass is 28.4. The van der Waals surface area contributed by atoms with E-state index in [4.69, 9.17) is 28.1 Å². The second-order valence-corrected chi connectivity index (χ2v) is 15.7. The van der Waals surface area contributed by atoms with Gasteiger partial charge in [-0.05, 0) is 52.8 Å². The van der Waals surface area contributed by atoms with Crippen molar-refractivity contribution in [2.24, 2.45) is 0 Å². The molecule has 8 nitrogen and oxygen atoms in total. The van der Waals surface area contributed by atoms with Gasteiger partial charge in [-0.1, -0.05) is 27.4 Å². The summed E-state index contributed by atoms with van der Waals surface area (Å²) in [6, 6.07) is 0. The molecule has 0 aromatic carbocycles. The minimum absolute atomic E-state index is 0.0716. The molecular weight excluding hydrogens is 432 g/mol. The standard InChI is InChI=1S/C23H42O8Si/c1-12-26-20(25)14(2)16(24)18-19(30-23(8,9)29-18)17(15-13-27-22(6,7)28-15)31-32(10,11)21(3,4)5/h15-19,24H,2,12-13H2,1,3-11H3/t15-,16?,17-,18-,19+/m1/s1. The number of hydrogen-bond donors (Lipinski definition) is 1. The number of carbonyl (C=O) groups is 1. The molecule has 2 saturated heterocycles. The minimum Gasteiger partial charge on any atom is -0.463 e. The Morgan fingerprint density at radius 2 is 1.69 bits per heavy atom. The maximum absolute atomic E-state index is 12.2. The molecule has 5 atom stereocenters. The van der Waals surface area contributed by atoms with Crippen molar-refractivity contribution in [2.75, 3.05) is 13.2 Å². The fourth-order valence-corrected chi connectivity index (χ4v) is 4.93. The lowest BCUT2D eigenvalue weighted by Gasteiger charge is -2.43. The molecule has 2 heterocycles. The summed E-state index contributed by atoms with van der Waals surface area (Å²) >= 11 is 0. The van der Waals surface area contributed by atoms with E-state index in [1.54, 1.807) is 20.8 Å². The largest absolute Gasteiger partial charge is 0.463 e. The van der Waals surface area contributed by atoms with Crippen LogP contribution in [0.2, 0.25) is 18.1 Å². The predicted molar refractivity (Wildman–Crippen MR) is 123 cm³/mol. The van der Waals surface area contributed by atoms with Gasteiger partial charge in [-0.25, -0.2) is 4.79 Å². The van der Waals surface area contributed by atoms with E-state index >= 15 is 0 Å². The fourth-order valence-electron chi connectivity index (χ4n) is 3.61. The lowest BCUT2D eigenvalue weighted by Crippen LogP contribution is -2.56. The van der Waals surface area contributed by atoms with E-state index in [9.17, 15) is 9.90 Å². The van der Waals surface area contributed by atoms with Crippen LogP contribution >= 0.6 is 0 Å². The van der Waals surface area contributed by atoms with Crippen molar-refractivity contribution in [1.29, 1.82) is 0 Å². The van der Waals surface area contributed by atoms with Gasteiger partial charge in [0, 0.05) is 0 Å². The smallest absolute Gasteiger partial charge is 0.336 e. The Morgan fingerprint density at radius 3 is 2.16 bits per heavy atom. The Balaban J connectivity index is 2.42. The Labute approximate surface area is 193 Å². The highest BCUT2D eigenvalue weighted by Crippen LogP contribution is 2.43. The van der Waals surface area contributed by atoms with Gasteiger partial charge < -0.3 is 33.2 Å². The molecule has 2 rings (SSSR count). The van der Waals surface area contributed by atoms with E-state index in [0.29, 0.717) is 6.61 Å². The number of esters is 1. The van der Waals surface area contributed by atoms with Gasteiger partial charge in [0.05, 0.1) is 18.8 Å². The van der Waals surface area contributed by atoms with Gasteiger partial charge in [0.1, 0.15) is 30.5 Å². The molecule has 9 heteroatoms. The van der Waals surface area contributed by atoms with Crippen molar-refractivity contribution in [3.63, 3.8) is 0 Å². The first-order valence-electron chi connectivity index (χ1n) is 11.3. The summed E-state index contributed by atoms with van der Waals surface area (Å²) < 4.78 is 36.1. The summed E-state index contributed by atoms with van der Waals surface area (Å²) in [6.07, 6.45) is -3.98. The zero-order valence-electron chi connectivity index (χ0n) is 21.3. The molecule has 0 bridgehead atoms. The van der Waals surface area contributed by atoms with Crippen LogP contribution in [-0.4, -0.2) is 74.7 Å². The minimum atomic E-state index is -2.29. The van der Waals surface area contributed by atoms with E-state index in [2.05, 4.69) is 40.4 Å². The molecule has 2 fully saturated rings. The summed E-state index contributed by atoms with van der Waals surface area (Å²) in [7, 11) is -2.29. The molecule has 0 spiro atoms. The Bertz CT molecular complexity index is 697. The zero-order valence-corrected chi connectivity index (χ0v) is 22.3. The highest BCUT2D eigenvalue weighted by molar-refractivity contribution is 6.74. The summed E-state index contributed by atoms with van der Waals surface area (Å²) in [6.45, 7) is 23.9. The first-order valence-corrected chi connectivity index (χ1v) is 14.2. The first kappa shape index (κ1) is 27.4. The fraction of sp³-hybridized carbons (Fsp3) is 0.870. The third kappa shape index (κ3) is 6.19. The number of hydrogen-bond acceptors (Lipinski definition) is 8. The zero-order chi connectivity index (χ0) is 24.7. The maximum atomic E-state index is 12.2. The molecule has 2 aliphatic rings. The van der Waals surface area contributed by atoms with E-state index in [-0.39, 0.29) is 17.2 Å². The molecule has 0 aromatic heterocycles. The molecule has 0 aliphatic carbocycles. The van der Waals surface area contributed by atoms with E-state index in [1.165, 1.54) is 0 Å². The van der Waals surface area contributed by atoms with Crippen LogP contribution in [0.5, 0.6) is 0 Å². The van der Waals surface area contributed by atoms with Crippen LogP contribution in [-0.2, 0) is 32.9 Å². The van der Waals surface area contributed by atoms with Crippen molar-refractivity contribution in [3.05, 3.63) is 12.2 Å². The van der Waals surface area contributed by atoms with Crippen LogP contribution in [0.4, 0.5) is 0 Å². The Morgan fingerprint density at radius 1 is 1.12 bits per heavy atom. The van der Waals surface area contributed by atoms with Crippen LogP contribution in [0.3, 0.4) is 0 Å². The molecule has 1 unspecified atom stereocenters. The number of carbonyl (C=O) groups excluding carboxylic acids is 1. The molecule has 2 aliphatic heterocycles. The lowest BCUT2D eigenvalue weighted by molar-refractivity contribution is -0.176. The van der Waals surface area contributed by atoms with Crippen LogP contribution in [0, 0.1) is 0 Å². The molecule has 32 heavy (non-hydrogen) atoms. The van der Waals surface area contributed by atoms with Crippen LogP contribution in [0.25, 0.3) is 0 Å². The van der Waals surface area contributed by atoms with Gasteiger partial charge in [0.25, 0.3) is 0 Å². The molecule has 0 radical (unpaired) electrons. The quantitative estimate of drug-likeness (QED) is 0.324. The van der Waals surface area contributed by atoms with E-state index in [0.717, 1.165) is 0 Å². The Kier molecular flexibility index (Phi) is 8.09. The van der Waals surface area contributed by atoms with Crippen LogP contribution in [0.1, 0.15) is 55.4 Å². The van der Waals surface area contributed by atoms with E-state index in [1.807, 2.05) is 13.8 Å². The van der Waals surface area contributed by atoms with Crippen molar-refractivity contribution >= 4 is 14.3 Å². The van der Waals surface area contributed by atoms with Crippen molar-refractivity contribution < 1.29 is 38.0 Å². The van der Waals surface area contributed by atoms with Crippen LogP contribution < -0.4 is 0 Å². The van der Waals surface area contributed by atoms with Gasteiger partial charge in [0.2, 0.25) is 0 Å². The average molecular weight is 475 g/mol. The third-order valence-corrected chi connectivity index (χ3v) is 10.8. The third-order valence-electron chi connectivity index (χ3n) is 6.33. The van der Waals surface area contributed by atoms with Gasteiger partial charge in [-0.15, -0.1) is 0 Å². The van der Waals surface area contributed by atoms with Crippen molar-refractivity contribution in [3.8, 4) is 0 Å². The molecule has 186 valence electrons. The highest BCUT2D eigenvalue weighted by Gasteiger charge is 2.55. The maximum Gasteiger partial charge on any atom is 0.336 e. The molecule has 0 saturated carbocycles. The summed E-state index contributed by atoms with van der Waals surface area (Å²) in [4.78, 5) is 12.2. The van der Waals surface area contributed by atoms with Gasteiger partial charge in [0.15, 0.2) is 19.9 Å². The number of aliphatic hydroxyl groups excluding tert-OH is 1. The average Bonchev–Trinajstić information content (AvgIpc) is 3.16.